The van der Waals surface area contributed by atoms with Gasteiger partial charge in [-0.2, -0.15) is 8.42 Å². The average Bonchev–Trinajstić information content (AvgIpc) is 3.24. The molecule has 62 heavy (non-hydrogen) atoms. The maximum Gasteiger partial charge on any atom is 0.397 e. The van der Waals surface area contributed by atoms with E-state index < -0.39 is 59.8 Å². The summed E-state index contributed by atoms with van der Waals surface area (Å²) in [7, 11) is -5.07. The van der Waals surface area contributed by atoms with Gasteiger partial charge in [0.05, 0.1) is 19.8 Å². The lowest BCUT2D eigenvalue weighted by molar-refractivity contribution is -0.301. The molecule has 1 saturated heterocycles. The molecule has 1 fully saturated rings. The second-order valence-corrected chi connectivity index (χ2v) is 16.7. The first kappa shape index (κ1) is 57.3. The van der Waals surface area contributed by atoms with E-state index in [1.165, 1.54) is 44.9 Å². The van der Waals surface area contributed by atoms with Gasteiger partial charge in [-0.25, -0.2) is 4.18 Å². The topological polar surface area (TPSA) is 178 Å². The van der Waals surface area contributed by atoms with Crippen molar-refractivity contribution < 1.29 is 56.2 Å². The lowest BCUT2D eigenvalue weighted by Gasteiger charge is -2.41. The van der Waals surface area contributed by atoms with Crippen LogP contribution in [0.3, 0.4) is 0 Å². The minimum Gasteiger partial charge on any atom is -0.457 e. The number of allylic oxidation sites excluding steroid dienone is 14. The van der Waals surface area contributed by atoms with Gasteiger partial charge in [0.25, 0.3) is 0 Å². The first-order chi connectivity index (χ1) is 30.1. The summed E-state index contributed by atoms with van der Waals surface area (Å²) in [6.45, 7) is 3.75. The number of ether oxygens (including phenoxy) is 4. The van der Waals surface area contributed by atoms with Crippen LogP contribution in [-0.4, -0.2) is 97.5 Å². The molecule has 1 heterocycles. The Kier molecular flexibility index (Phi) is 36.8. The van der Waals surface area contributed by atoms with E-state index >= 15 is 0 Å². The van der Waals surface area contributed by atoms with Crippen LogP contribution in [-0.2, 0) is 38.3 Å². The summed E-state index contributed by atoms with van der Waals surface area (Å²) in [5.74, 6) is -0.447. The fraction of sp³-hybridized carbons (Fsp3) is 0.694. The van der Waals surface area contributed by atoms with Gasteiger partial charge in [-0.1, -0.05) is 144 Å². The van der Waals surface area contributed by atoms with Gasteiger partial charge in [-0.05, 0) is 89.9 Å². The van der Waals surface area contributed by atoms with Gasteiger partial charge in [0, 0.05) is 13.0 Å². The largest absolute Gasteiger partial charge is 0.457 e. The van der Waals surface area contributed by atoms with Crippen molar-refractivity contribution in [2.75, 3.05) is 26.4 Å². The molecule has 6 unspecified atom stereocenters. The van der Waals surface area contributed by atoms with Crippen LogP contribution >= 0.6 is 0 Å². The third kappa shape index (κ3) is 32.9. The quantitative estimate of drug-likeness (QED) is 0.0199. The molecular weight excluding hydrogens is 813 g/mol. The maximum absolute atomic E-state index is 12.8. The average molecular weight is 895 g/mol. The molecule has 0 aromatic carbocycles. The third-order valence-electron chi connectivity index (χ3n) is 10.0. The molecule has 0 aromatic heterocycles. The number of esters is 1. The molecule has 4 N–H and O–H groups in total. The molecule has 0 radical (unpaired) electrons. The molecule has 0 bridgehead atoms. The Morgan fingerprint density at radius 1 is 0.629 bits per heavy atom. The van der Waals surface area contributed by atoms with Gasteiger partial charge < -0.3 is 34.3 Å². The summed E-state index contributed by atoms with van der Waals surface area (Å²) < 4.78 is 59.0. The summed E-state index contributed by atoms with van der Waals surface area (Å²) in [6.07, 6.45) is 43.3. The van der Waals surface area contributed by atoms with E-state index in [2.05, 4.69) is 103 Å². The lowest BCUT2D eigenvalue weighted by Crippen LogP contribution is -2.60. The van der Waals surface area contributed by atoms with E-state index in [4.69, 9.17) is 23.5 Å². The Bertz CT molecular complexity index is 1400. The van der Waals surface area contributed by atoms with Crippen LogP contribution in [0.25, 0.3) is 0 Å². The Morgan fingerprint density at radius 3 is 1.63 bits per heavy atom. The molecule has 0 amide bonds. The maximum atomic E-state index is 12.8. The molecular formula is C49H82O12S. The van der Waals surface area contributed by atoms with Gasteiger partial charge in [0.15, 0.2) is 6.29 Å². The van der Waals surface area contributed by atoms with Crippen molar-refractivity contribution >= 4 is 16.4 Å². The highest BCUT2D eigenvalue weighted by Gasteiger charge is 2.48. The van der Waals surface area contributed by atoms with Gasteiger partial charge >= 0.3 is 16.4 Å². The van der Waals surface area contributed by atoms with Crippen molar-refractivity contribution in [3.8, 4) is 0 Å². The standard InChI is InChI=1S/C49H82O12S/c1-3-5-7-9-11-13-15-17-19-20-21-22-23-25-27-29-31-33-35-37-39-57-41-43(42-58-49-47(53)48(61-62(54,55)56)46(52)44(40-50)60-49)59-45(51)38-36-34-32-30-28-26-24-18-16-14-12-10-8-6-4-2/h6,8,11-14,17-19,21-22,24,28,30,43-44,46-50,52-53H,3-5,7,9-10,15-16,20,23,25-27,29,31-42H2,1-2H3,(H,54,55,56)/b8-6-,13-11-,14-12-,19-17-,22-21-,24-18-,30-28-. The zero-order valence-electron chi connectivity index (χ0n) is 37.9. The number of aliphatic hydroxyl groups excluding tert-OH is 3. The van der Waals surface area contributed by atoms with Crippen LogP contribution in [0.5, 0.6) is 0 Å². The molecule has 0 saturated carbocycles. The predicted molar refractivity (Wildman–Crippen MR) is 248 cm³/mol. The van der Waals surface area contributed by atoms with E-state index in [1.54, 1.807) is 0 Å². The number of carbonyl (C=O) groups excluding carboxylic acids is 1. The number of hydrogen-bond acceptors (Lipinski definition) is 11. The van der Waals surface area contributed by atoms with Crippen molar-refractivity contribution in [3.05, 3.63) is 85.1 Å². The molecule has 0 spiro atoms. The van der Waals surface area contributed by atoms with E-state index in [1.807, 2.05) is 0 Å². The van der Waals surface area contributed by atoms with Crippen molar-refractivity contribution in [2.24, 2.45) is 0 Å². The van der Waals surface area contributed by atoms with Crippen LogP contribution in [0, 0.1) is 0 Å². The van der Waals surface area contributed by atoms with Crippen LogP contribution in [0.2, 0.25) is 0 Å². The number of aliphatic hydroxyl groups is 3. The van der Waals surface area contributed by atoms with Crippen LogP contribution in [0.15, 0.2) is 85.1 Å². The normalized spacial score (nSPS) is 20.8. The molecule has 356 valence electrons. The van der Waals surface area contributed by atoms with Crippen molar-refractivity contribution in [3.63, 3.8) is 0 Å². The van der Waals surface area contributed by atoms with Gasteiger partial charge in [0.2, 0.25) is 0 Å². The molecule has 0 aliphatic carbocycles. The van der Waals surface area contributed by atoms with Crippen molar-refractivity contribution in [2.45, 2.75) is 192 Å². The summed E-state index contributed by atoms with van der Waals surface area (Å²) in [5.41, 5.74) is 0. The second kappa shape index (κ2) is 39.8. The number of carbonyl (C=O) groups is 1. The molecule has 1 rings (SSSR count). The van der Waals surface area contributed by atoms with Crippen molar-refractivity contribution in [1.82, 2.24) is 0 Å². The number of hydrogen-bond donors (Lipinski definition) is 4. The summed E-state index contributed by atoms with van der Waals surface area (Å²) >= 11 is 0. The Labute approximate surface area is 374 Å². The highest BCUT2D eigenvalue weighted by molar-refractivity contribution is 7.80. The zero-order chi connectivity index (χ0) is 45.4. The molecule has 6 atom stereocenters. The van der Waals surface area contributed by atoms with Crippen LogP contribution in [0.4, 0.5) is 0 Å². The van der Waals surface area contributed by atoms with Gasteiger partial charge in [0.1, 0.15) is 30.5 Å². The third-order valence-corrected chi connectivity index (χ3v) is 10.5. The van der Waals surface area contributed by atoms with E-state index in [0.717, 1.165) is 83.5 Å². The highest BCUT2D eigenvalue weighted by Crippen LogP contribution is 2.26. The molecule has 12 nitrogen and oxygen atoms in total. The number of rotatable bonds is 39. The van der Waals surface area contributed by atoms with E-state index in [9.17, 15) is 28.5 Å². The van der Waals surface area contributed by atoms with Crippen LogP contribution in [0.1, 0.15) is 155 Å². The molecule has 1 aliphatic heterocycles. The minimum absolute atomic E-state index is 0.00694. The first-order valence-electron chi connectivity index (χ1n) is 23.3. The van der Waals surface area contributed by atoms with Gasteiger partial charge in [-0.15, -0.1) is 0 Å². The molecule has 13 heteroatoms. The minimum atomic E-state index is -5.07. The predicted octanol–water partition coefficient (Wildman–Crippen LogP) is 10.1. The summed E-state index contributed by atoms with van der Waals surface area (Å²) in [6, 6.07) is 0. The summed E-state index contributed by atoms with van der Waals surface area (Å²) in [4.78, 5) is 12.8. The lowest BCUT2D eigenvalue weighted by atomic mass is 9.99. The first-order valence-corrected chi connectivity index (χ1v) is 24.7. The Morgan fingerprint density at radius 2 is 1.11 bits per heavy atom. The Balaban J connectivity index is 2.45. The molecule has 0 aromatic rings. The number of unbranched alkanes of at least 4 members (excludes halogenated alkanes) is 12. The zero-order valence-corrected chi connectivity index (χ0v) is 38.7. The second-order valence-electron chi connectivity index (χ2n) is 15.6. The fourth-order valence-electron chi connectivity index (χ4n) is 6.49. The monoisotopic (exact) mass is 895 g/mol. The smallest absolute Gasteiger partial charge is 0.397 e. The Hall–Kier alpha value is -2.72. The van der Waals surface area contributed by atoms with E-state index in [0.29, 0.717) is 13.0 Å². The fourth-order valence-corrected chi connectivity index (χ4v) is 7.00. The van der Waals surface area contributed by atoms with Crippen LogP contribution < -0.4 is 0 Å². The van der Waals surface area contributed by atoms with Gasteiger partial charge in [-0.3, -0.25) is 9.35 Å². The SMILES string of the molecule is CC/C=C\C/C=C\C/C=C\C/C=C\CCCCC(=O)OC(COCCCCCCCCC/C=C\C/C=C\C/C=C\CCCCC)COC1OC(CO)C(O)C(OS(=O)(=O)O)C1O. The van der Waals surface area contributed by atoms with Crippen molar-refractivity contribution in [1.29, 1.82) is 0 Å². The highest BCUT2D eigenvalue weighted by atomic mass is 32.3. The summed E-state index contributed by atoms with van der Waals surface area (Å²) in [5, 5.41) is 30.7. The van der Waals surface area contributed by atoms with E-state index in [-0.39, 0.29) is 19.6 Å². The molecule has 1 aliphatic rings.